The molecule has 1 aliphatic heterocycles. The van der Waals surface area contributed by atoms with Crippen molar-refractivity contribution in [3.63, 3.8) is 0 Å². The Bertz CT molecular complexity index is 1190. The quantitative estimate of drug-likeness (QED) is 0.299. The second kappa shape index (κ2) is 10.7. The van der Waals surface area contributed by atoms with Crippen LogP contribution in [0.5, 0.6) is 0 Å². The zero-order chi connectivity index (χ0) is 25.9. The van der Waals surface area contributed by atoms with Crippen LogP contribution in [0.25, 0.3) is 11.4 Å². The predicted octanol–water partition coefficient (Wildman–Crippen LogP) is 4.88. The lowest BCUT2D eigenvalue weighted by molar-refractivity contribution is -0.138. The molecule has 1 saturated heterocycles. The Balaban J connectivity index is 1.53. The van der Waals surface area contributed by atoms with Crippen LogP contribution in [0.4, 0.5) is 13.2 Å². The van der Waals surface area contributed by atoms with Crippen LogP contribution in [0.15, 0.2) is 47.0 Å². The van der Waals surface area contributed by atoms with Crippen molar-refractivity contribution in [2.75, 3.05) is 6.54 Å². The van der Waals surface area contributed by atoms with Crippen LogP contribution in [0.3, 0.4) is 0 Å². The highest BCUT2D eigenvalue weighted by Gasteiger charge is 2.39. The summed E-state index contributed by atoms with van der Waals surface area (Å²) < 4.78 is 47.1. The number of rotatable bonds is 8. The lowest BCUT2D eigenvalue weighted by Gasteiger charge is -2.22. The van der Waals surface area contributed by atoms with Crippen molar-refractivity contribution in [1.82, 2.24) is 15.0 Å². The molecule has 10 heteroatoms. The fourth-order valence-corrected chi connectivity index (χ4v) is 4.55. The van der Waals surface area contributed by atoms with Crippen molar-refractivity contribution in [3.8, 4) is 11.4 Å². The molecule has 36 heavy (non-hydrogen) atoms. The molecule has 0 spiro atoms. The average Bonchev–Trinajstić information content (AvgIpc) is 3.48. The van der Waals surface area contributed by atoms with Gasteiger partial charge in [0.2, 0.25) is 5.82 Å². The summed E-state index contributed by atoms with van der Waals surface area (Å²) in [6.45, 7) is 2.48. The van der Waals surface area contributed by atoms with Crippen molar-refractivity contribution in [1.29, 1.82) is 5.41 Å². The summed E-state index contributed by atoms with van der Waals surface area (Å²) >= 11 is 0. The number of aryl methyl sites for hydroxylation is 3. The Morgan fingerprint density at radius 1 is 1.14 bits per heavy atom. The van der Waals surface area contributed by atoms with Gasteiger partial charge in [-0.1, -0.05) is 54.9 Å². The Kier molecular flexibility index (Phi) is 7.63. The first-order chi connectivity index (χ1) is 17.2. The van der Waals surface area contributed by atoms with Gasteiger partial charge >= 0.3 is 6.18 Å². The SMILES string of the molecule is CCCCc1ccc(CCc2ccc(-c3noc([C@@H]4[C@@H](O)CCN4C(=N)N)n3)cc2C(F)(F)F)cc1. The van der Waals surface area contributed by atoms with Gasteiger partial charge < -0.3 is 20.3 Å². The van der Waals surface area contributed by atoms with Gasteiger partial charge in [-0.15, -0.1) is 0 Å². The molecule has 4 N–H and O–H groups in total. The van der Waals surface area contributed by atoms with Crippen molar-refractivity contribution >= 4 is 5.96 Å². The van der Waals surface area contributed by atoms with Crippen molar-refractivity contribution in [2.45, 2.75) is 63.8 Å². The molecule has 1 fully saturated rings. The van der Waals surface area contributed by atoms with E-state index >= 15 is 0 Å². The first kappa shape index (κ1) is 25.7. The van der Waals surface area contributed by atoms with Crippen LogP contribution in [0.2, 0.25) is 0 Å². The minimum atomic E-state index is -4.55. The number of aromatic nitrogens is 2. The van der Waals surface area contributed by atoms with Gasteiger partial charge in [0.1, 0.15) is 6.04 Å². The molecule has 0 aliphatic carbocycles. The van der Waals surface area contributed by atoms with Gasteiger partial charge in [0.05, 0.1) is 11.7 Å². The number of benzene rings is 2. The predicted molar refractivity (Wildman–Crippen MR) is 129 cm³/mol. The van der Waals surface area contributed by atoms with Gasteiger partial charge in [-0.3, -0.25) is 5.41 Å². The van der Waals surface area contributed by atoms with Crippen LogP contribution in [0.1, 0.15) is 60.4 Å². The summed E-state index contributed by atoms with van der Waals surface area (Å²) in [7, 11) is 0. The first-order valence-electron chi connectivity index (χ1n) is 12.1. The van der Waals surface area contributed by atoms with E-state index in [1.807, 2.05) is 24.3 Å². The van der Waals surface area contributed by atoms with E-state index in [9.17, 15) is 18.3 Å². The molecule has 2 aromatic carbocycles. The van der Waals surface area contributed by atoms with Gasteiger partial charge in [0.25, 0.3) is 5.89 Å². The lowest BCUT2D eigenvalue weighted by Crippen LogP contribution is -2.37. The van der Waals surface area contributed by atoms with Crippen LogP contribution in [-0.4, -0.2) is 38.8 Å². The summed E-state index contributed by atoms with van der Waals surface area (Å²) in [6.07, 6.45) is -1.12. The molecule has 0 radical (unpaired) electrons. The highest BCUT2D eigenvalue weighted by Crippen LogP contribution is 2.36. The molecular formula is C26H30F3N5O2. The molecule has 0 unspecified atom stereocenters. The topological polar surface area (TPSA) is 112 Å². The van der Waals surface area contributed by atoms with Crippen molar-refractivity contribution < 1.29 is 22.8 Å². The molecule has 0 amide bonds. The number of hydrogen-bond donors (Lipinski definition) is 3. The van der Waals surface area contributed by atoms with Crippen LogP contribution in [-0.2, 0) is 25.4 Å². The van der Waals surface area contributed by atoms with Crippen LogP contribution in [0, 0.1) is 5.41 Å². The lowest BCUT2D eigenvalue weighted by atomic mass is 9.96. The minimum absolute atomic E-state index is 0.00483. The number of aliphatic hydroxyl groups is 1. The molecule has 4 rings (SSSR count). The van der Waals surface area contributed by atoms with Crippen LogP contribution >= 0.6 is 0 Å². The van der Waals surface area contributed by atoms with Gasteiger partial charge in [-0.05, 0) is 54.9 Å². The summed E-state index contributed by atoms with van der Waals surface area (Å²) in [5.74, 6) is -0.270. The highest BCUT2D eigenvalue weighted by atomic mass is 19.4. The number of unbranched alkanes of at least 4 members (excludes halogenated alkanes) is 1. The maximum absolute atomic E-state index is 13.9. The molecule has 0 bridgehead atoms. The third kappa shape index (κ3) is 5.70. The average molecular weight is 502 g/mol. The van der Waals surface area contributed by atoms with Gasteiger partial charge in [-0.2, -0.15) is 18.2 Å². The Morgan fingerprint density at radius 2 is 1.83 bits per heavy atom. The largest absolute Gasteiger partial charge is 0.416 e. The number of halogens is 3. The number of aliphatic hydroxyl groups excluding tert-OH is 1. The third-order valence-electron chi connectivity index (χ3n) is 6.57. The van der Waals surface area contributed by atoms with E-state index in [0.29, 0.717) is 19.4 Å². The summed E-state index contributed by atoms with van der Waals surface area (Å²) in [6, 6.07) is 11.3. The number of guanidine groups is 1. The van der Waals surface area contributed by atoms with E-state index in [1.165, 1.54) is 16.5 Å². The Hall–Kier alpha value is -3.40. The summed E-state index contributed by atoms with van der Waals surface area (Å²) in [5.41, 5.74) is 7.40. The number of nitrogens with zero attached hydrogens (tertiary/aromatic N) is 3. The molecule has 0 saturated carbocycles. The van der Waals surface area contributed by atoms with E-state index in [0.717, 1.165) is 30.9 Å². The van der Waals surface area contributed by atoms with Crippen LogP contribution < -0.4 is 5.73 Å². The maximum atomic E-state index is 13.9. The molecular weight excluding hydrogens is 471 g/mol. The van der Waals surface area contributed by atoms with Crippen molar-refractivity contribution in [2.24, 2.45) is 5.73 Å². The van der Waals surface area contributed by atoms with Gasteiger partial charge in [0, 0.05) is 12.1 Å². The van der Waals surface area contributed by atoms with Gasteiger partial charge in [0.15, 0.2) is 5.96 Å². The fraction of sp³-hybridized carbons (Fsp3) is 0.423. The number of alkyl halides is 3. The summed E-state index contributed by atoms with van der Waals surface area (Å²) in [5, 5.41) is 21.8. The zero-order valence-electron chi connectivity index (χ0n) is 20.1. The molecule has 1 aliphatic rings. The molecule has 2 heterocycles. The van der Waals surface area contributed by atoms with E-state index < -0.39 is 23.9 Å². The van der Waals surface area contributed by atoms with Crippen molar-refractivity contribution in [3.05, 3.63) is 70.6 Å². The monoisotopic (exact) mass is 501 g/mol. The second-order valence-corrected chi connectivity index (χ2v) is 9.13. The second-order valence-electron chi connectivity index (χ2n) is 9.13. The summed E-state index contributed by atoms with van der Waals surface area (Å²) in [4.78, 5) is 5.64. The zero-order valence-corrected chi connectivity index (χ0v) is 20.1. The number of likely N-dealkylation sites (tertiary alicyclic amines) is 1. The number of nitrogens with one attached hydrogen (secondary N) is 1. The van der Waals surface area contributed by atoms with Gasteiger partial charge in [-0.25, -0.2) is 0 Å². The van der Waals surface area contributed by atoms with E-state index in [1.54, 1.807) is 6.07 Å². The first-order valence-corrected chi connectivity index (χ1v) is 12.1. The smallest absolute Gasteiger partial charge is 0.390 e. The molecule has 1 aromatic heterocycles. The molecule has 3 aromatic rings. The third-order valence-corrected chi connectivity index (χ3v) is 6.57. The fourth-order valence-electron chi connectivity index (χ4n) is 4.55. The van der Waals surface area contributed by atoms with E-state index in [4.69, 9.17) is 15.7 Å². The highest BCUT2D eigenvalue weighted by molar-refractivity contribution is 5.75. The maximum Gasteiger partial charge on any atom is 0.416 e. The minimum Gasteiger partial charge on any atom is -0.390 e. The number of hydrogen-bond acceptors (Lipinski definition) is 5. The Labute approximate surface area is 207 Å². The normalized spacial score (nSPS) is 18.1. The molecule has 2 atom stereocenters. The molecule has 7 nitrogen and oxygen atoms in total. The Morgan fingerprint density at radius 3 is 2.47 bits per heavy atom. The number of nitrogens with two attached hydrogens (primary N) is 1. The standard InChI is InChI=1S/C26H30F3N5O2/c1-2-3-4-16-5-7-17(8-6-16)9-10-18-11-12-19(15-20(18)26(27,28)29)23-32-24(36-33-23)22-21(35)13-14-34(22)25(30)31/h5-8,11-12,15,21-22,35H,2-4,9-10,13-14H2,1H3,(H3,30,31)/t21-,22-/m0/s1. The van der Waals surface area contributed by atoms with E-state index in [-0.39, 0.29) is 35.2 Å². The molecule has 192 valence electrons. The van der Waals surface area contributed by atoms with E-state index in [2.05, 4.69) is 17.1 Å².